The second kappa shape index (κ2) is 8.70. The van der Waals surface area contributed by atoms with Gasteiger partial charge in [0, 0.05) is 0 Å². The Balaban J connectivity index is 1.85. The van der Waals surface area contributed by atoms with E-state index in [9.17, 15) is 13.6 Å². The van der Waals surface area contributed by atoms with Gasteiger partial charge >= 0.3 is 6.61 Å². The first kappa shape index (κ1) is 20.3. The zero-order valence-corrected chi connectivity index (χ0v) is 16.7. The van der Waals surface area contributed by atoms with Crippen LogP contribution in [0.5, 0.6) is 11.5 Å². The molecule has 1 heterocycles. The van der Waals surface area contributed by atoms with Crippen molar-refractivity contribution in [2.75, 3.05) is 7.11 Å². The highest BCUT2D eigenvalue weighted by Crippen LogP contribution is 2.39. The molecular weight excluding hydrogens is 404 g/mol. The molecule has 2 aromatic rings. The smallest absolute Gasteiger partial charge is 0.387 e. The van der Waals surface area contributed by atoms with E-state index in [1.165, 1.54) is 31.0 Å². The maximum Gasteiger partial charge on any atom is 0.387 e. The third-order valence-electron chi connectivity index (χ3n) is 4.19. The minimum atomic E-state index is -2.95. The molecule has 1 amide bonds. The lowest BCUT2D eigenvalue weighted by molar-refractivity contribution is -0.123. The van der Waals surface area contributed by atoms with E-state index in [1.54, 1.807) is 17.0 Å². The van der Waals surface area contributed by atoms with Crippen molar-refractivity contribution < 1.29 is 23.0 Å². The molecule has 3 rings (SSSR count). The summed E-state index contributed by atoms with van der Waals surface area (Å²) >= 11 is 6.61. The molecule has 0 N–H and O–H groups in total. The zero-order chi connectivity index (χ0) is 20.3. The highest BCUT2D eigenvalue weighted by atomic mass is 32.2. The number of ether oxygens (including phenoxy) is 2. The molecule has 146 valence electrons. The number of rotatable bonds is 6. The highest BCUT2D eigenvalue weighted by molar-refractivity contribution is 8.26. The third-order valence-corrected chi connectivity index (χ3v) is 5.52. The Labute approximate surface area is 171 Å². The number of carbonyl (C=O) groups excluding carboxylic acids is 1. The van der Waals surface area contributed by atoms with Crippen LogP contribution in [0.4, 0.5) is 8.78 Å². The molecule has 8 heteroatoms. The molecule has 1 fully saturated rings. The van der Waals surface area contributed by atoms with Crippen LogP contribution in [0.25, 0.3) is 6.08 Å². The fourth-order valence-corrected chi connectivity index (χ4v) is 4.23. The number of thiocarbonyl (C=S) groups is 1. The molecule has 4 nitrogen and oxygen atoms in total. The molecule has 1 atom stereocenters. The van der Waals surface area contributed by atoms with Crippen molar-refractivity contribution in [3.63, 3.8) is 0 Å². The van der Waals surface area contributed by atoms with Gasteiger partial charge in [-0.3, -0.25) is 9.69 Å². The molecule has 0 aromatic heterocycles. The van der Waals surface area contributed by atoms with Crippen molar-refractivity contribution >= 4 is 40.3 Å². The fourth-order valence-electron chi connectivity index (χ4n) is 2.81. The lowest BCUT2D eigenvalue weighted by Gasteiger charge is -2.23. The van der Waals surface area contributed by atoms with E-state index in [2.05, 4.69) is 4.74 Å². The van der Waals surface area contributed by atoms with Crippen LogP contribution in [-0.2, 0) is 4.79 Å². The molecule has 28 heavy (non-hydrogen) atoms. The minimum absolute atomic E-state index is 0.0695. The van der Waals surface area contributed by atoms with Gasteiger partial charge in [0.15, 0.2) is 11.5 Å². The molecule has 1 aliphatic heterocycles. The molecule has 0 radical (unpaired) electrons. The number of thioether (sulfide) groups is 1. The van der Waals surface area contributed by atoms with E-state index in [4.69, 9.17) is 17.0 Å². The Hall–Kier alpha value is -2.45. The van der Waals surface area contributed by atoms with Crippen molar-refractivity contribution in [2.24, 2.45) is 0 Å². The Kier molecular flexibility index (Phi) is 6.31. The van der Waals surface area contributed by atoms with E-state index in [1.807, 2.05) is 37.3 Å². The summed E-state index contributed by atoms with van der Waals surface area (Å²) in [5.74, 6) is -0.111. The summed E-state index contributed by atoms with van der Waals surface area (Å²) in [6.45, 7) is -1.03. The first-order valence-corrected chi connectivity index (χ1v) is 9.58. The van der Waals surface area contributed by atoms with Gasteiger partial charge in [0.25, 0.3) is 5.91 Å². The van der Waals surface area contributed by atoms with Gasteiger partial charge < -0.3 is 9.47 Å². The number of hydrogen-bond donors (Lipinski definition) is 0. The number of nitrogens with zero attached hydrogens (tertiary/aromatic N) is 1. The van der Waals surface area contributed by atoms with Crippen LogP contribution in [0.1, 0.15) is 24.1 Å². The maximum absolute atomic E-state index is 12.9. The molecule has 0 saturated carbocycles. The fraction of sp³-hybridized carbons (Fsp3) is 0.200. The average molecular weight is 421 g/mol. The van der Waals surface area contributed by atoms with E-state index in [-0.39, 0.29) is 23.4 Å². The van der Waals surface area contributed by atoms with Gasteiger partial charge in [-0.05, 0) is 36.3 Å². The Bertz CT molecular complexity index is 919. The van der Waals surface area contributed by atoms with Gasteiger partial charge in [0.1, 0.15) is 4.32 Å². The van der Waals surface area contributed by atoms with E-state index in [0.717, 1.165) is 5.56 Å². The highest BCUT2D eigenvalue weighted by Gasteiger charge is 2.35. The number of carbonyl (C=O) groups is 1. The van der Waals surface area contributed by atoms with Gasteiger partial charge in [-0.25, -0.2) is 0 Å². The van der Waals surface area contributed by atoms with E-state index >= 15 is 0 Å². The van der Waals surface area contributed by atoms with Crippen molar-refractivity contribution in [2.45, 2.75) is 19.6 Å². The van der Waals surface area contributed by atoms with Gasteiger partial charge in [0.05, 0.1) is 18.1 Å². The van der Waals surface area contributed by atoms with Crippen LogP contribution in [-0.4, -0.2) is 28.8 Å². The van der Waals surface area contributed by atoms with Crippen molar-refractivity contribution in [1.29, 1.82) is 0 Å². The lowest BCUT2D eigenvalue weighted by atomic mass is 10.1. The van der Waals surface area contributed by atoms with Gasteiger partial charge in [0.2, 0.25) is 0 Å². The van der Waals surface area contributed by atoms with Crippen molar-refractivity contribution in [1.82, 2.24) is 4.90 Å². The van der Waals surface area contributed by atoms with Crippen LogP contribution in [0.3, 0.4) is 0 Å². The predicted molar refractivity (Wildman–Crippen MR) is 109 cm³/mol. The SMILES string of the molecule is COc1cc(/C=C2/SC(=S)N([C@@H](C)c3ccccc3)C2=O)ccc1OC(F)F. The number of alkyl halides is 2. The van der Waals surface area contributed by atoms with Crippen LogP contribution >= 0.6 is 24.0 Å². The lowest BCUT2D eigenvalue weighted by Crippen LogP contribution is -2.30. The van der Waals surface area contributed by atoms with Crippen LogP contribution in [0.2, 0.25) is 0 Å². The molecule has 0 unspecified atom stereocenters. The molecule has 1 aliphatic rings. The molecule has 1 saturated heterocycles. The van der Waals surface area contributed by atoms with Crippen LogP contribution < -0.4 is 9.47 Å². The summed E-state index contributed by atoms with van der Waals surface area (Å²) in [6, 6.07) is 13.9. The van der Waals surface area contributed by atoms with Crippen LogP contribution in [0.15, 0.2) is 53.4 Å². The summed E-state index contributed by atoms with van der Waals surface area (Å²) in [6.07, 6.45) is 1.66. The van der Waals surface area contributed by atoms with Crippen molar-refractivity contribution in [3.05, 3.63) is 64.6 Å². The molecule has 2 aromatic carbocycles. The number of amides is 1. The third kappa shape index (κ3) is 4.34. The Morgan fingerprint density at radius 1 is 1.14 bits per heavy atom. The monoisotopic (exact) mass is 421 g/mol. The molecule has 0 spiro atoms. The Morgan fingerprint density at radius 2 is 1.86 bits per heavy atom. The average Bonchev–Trinajstić information content (AvgIpc) is 2.96. The minimum Gasteiger partial charge on any atom is -0.493 e. The molecule has 0 aliphatic carbocycles. The first-order valence-electron chi connectivity index (χ1n) is 8.35. The maximum atomic E-state index is 12.9. The topological polar surface area (TPSA) is 38.8 Å². The van der Waals surface area contributed by atoms with Crippen molar-refractivity contribution in [3.8, 4) is 11.5 Å². The largest absolute Gasteiger partial charge is 0.493 e. The predicted octanol–water partition coefficient (Wildman–Crippen LogP) is 5.26. The number of methoxy groups -OCH3 is 1. The number of halogens is 2. The number of benzene rings is 2. The van der Waals surface area contributed by atoms with Gasteiger partial charge in [-0.15, -0.1) is 0 Å². The number of hydrogen-bond acceptors (Lipinski definition) is 5. The second-order valence-corrected chi connectivity index (χ2v) is 7.60. The quantitative estimate of drug-likeness (QED) is 0.470. The van der Waals surface area contributed by atoms with Gasteiger partial charge in [-0.1, -0.05) is 60.4 Å². The summed E-state index contributed by atoms with van der Waals surface area (Å²) in [5.41, 5.74) is 1.60. The first-order chi connectivity index (χ1) is 13.4. The molecular formula is C20H17F2NO3S2. The summed E-state index contributed by atoms with van der Waals surface area (Å²) in [4.78, 5) is 14.9. The van der Waals surface area contributed by atoms with Gasteiger partial charge in [-0.2, -0.15) is 8.78 Å². The van der Waals surface area contributed by atoms with Crippen LogP contribution in [0, 0.1) is 0 Å². The van der Waals surface area contributed by atoms with E-state index < -0.39 is 6.61 Å². The van der Waals surface area contributed by atoms with E-state index in [0.29, 0.717) is 14.8 Å². The molecule has 0 bridgehead atoms. The second-order valence-electron chi connectivity index (χ2n) is 5.93. The summed E-state index contributed by atoms with van der Waals surface area (Å²) in [5, 5.41) is 0. The summed E-state index contributed by atoms with van der Waals surface area (Å²) < 4.78 is 34.9. The standard InChI is InChI=1S/C20H17F2NO3S2/c1-12(14-6-4-3-5-7-14)23-18(24)17(28-20(23)27)11-13-8-9-15(26-19(21)22)16(10-13)25-2/h3-12,19H,1-2H3/b17-11+/t12-/m0/s1. The summed E-state index contributed by atoms with van der Waals surface area (Å²) in [7, 11) is 1.36. The zero-order valence-electron chi connectivity index (χ0n) is 15.1. The Morgan fingerprint density at radius 3 is 2.50 bits per heavy atom. The normalized spacial score (nSPS) is 16.8.